The first-order valence-electron chi connectivity index (χ1n) is 5.71. The van der Waals surface area contributed by atoms with Crippen LogP contribution in [0.5, 0.6) is 0 Å². The van der Waals surface area contributed by atoms with Crippen LogP contribution in [0.1, 0.15) is 12.0 Å². The van der Waals surface area contributed by atoms with Gasteiger partial charge in [-0.2, -0.15) is 0 Å². The molecular weight excluding hydrogens is 216 g/mol. The van der Waals surface area contributed by atoms with Crippen LogP contribution in [-0.2, 0) is 20.9 Å². The molecule has 0 radical (unpaired) electrons. The standard InChI is InChI=1S/C14H16O3/c1-16-14(15)12-7-8-13(9-12)17-10-11-5-3-2-4-6-11/h2-8,12-13H,9-10H2,1H3. The minimum absolute atomic E-state index is 0.0132. The highest BCUT2D eigenvalue weighted by Crippen LogP contribution is 2.22. The van der Waals surface area contributed by atoms with Gasteiger partial charge in [-0.3, -0.25) is 4.79 Å². The van der Waals surface area contributed by atoms with Gasteiger partial charge in [0.25, 0.3) is 0 Å². The summed E-state index contributed by atoms with van der Waals surface area (Å²) in [5, 5.41) is 0. The van der Waals surface area contributed by atoms with Crippen molar-refractivity contribution >= 4 is 5.97 Å². The highest BCUT2D eigenvalue weighted by molar-refractivity contribution is 5.75. The maximum atomic E-state index is 11.3. The first-order valence-corrected chi connectivity index (χ1v) is 5.71. The lowest BCUT2D eigenvalue weighted by Gasteiger charge is -2.12. The molecule has 0 amide bonds. The second kappa shape index (κ2) is 5.64. The Morgan fingerprint density at radius 3 is 2.76 bits per heavy atom. The van der Waals surface area contributed by atoms with Crippen molar-refractivity contribution in [1.82, 2.24) is 0 Å². The Morgan fingerprint density at radius 2 is 2.06 bits per heavy atom. The fraction of sp³-hybridized carbons (Fsp3) is 0.357. The van der Waals surface area contributed by atoms with Crippen molar-refractivity contribution < 1.29 is 14.3 Å². The van der Waals surface area contributed by atoms with Crippen molar-refractivity contribution in [3.63, 3.8) is 0 Å². The van der Waals surface area contributed by atoms with E-state index in [1.807, 2.05) is 42.5 Å². The minimum atomic E-state index is -0.188. The third-order valence-electron chi connectivity index (χ3n) is 2.86. The molecule has 3 nitrogen and oxygen atoms in total. The van der Waals surface area contributed by atoms with Crippen molar-refractivity contribution in [2.75, 3.05) is 7.11 Å². The monoisotopic (exact) mass is 232 g/mol. The third kappa shape index (κ3) is 3.17. The van der Waals surface area contributed by atoms with E-state index in [-0.39, 0.29) is 18.0 Å². The number of esters is 1. The van der Waals surface area contributed by atoms with Gasteiger partial charge in [0.05, 0.1) is 25.7 Å². The van der Waals surface area contributed by atoms with E-state index in [0.29, 0.717) is 13.0 Å². The van der Waals surface area contributed by atoms with Crippen molar-refractivity contribution in [2.24, 2.45) is 5.92 Å². The summed E-state index contributed by atoms with van der Waals surface area (Å²) in [5.74, 6) is -0.340. The summed E-state index contributed by atoms with van der Waals surface area (Å²) in [6.07, 6.45) is 4.49. The molecule has 2 atom stereocenters. The zero-order valence-electron chi connectivity index (χ0n) is 9.84. The van der Waals surface area contributed by atoms with Crippen molar-refractivity contribution in [2.45, 2.75) is 19.1 Å². The fourth-order valence-electron chi connectivity index (χ4n) is 1.89. The van der Waals surface area contributed by atoms with Crippen LogP contribution in [0.25, 0.3) is 0 Å². The molecule has 2 rings (SSSR count). The lowest BCUT2D eigenvalue weighted by molar-refractivity contribution is -0.144. The number of carbonyl (C=O) groups is 1. The molecule has 0 fully saturated rings. The van der Waals surface area contributed by atoms with Crippen LogP contribution < -0.4 is 0 Å². The largest absolute Gasteiger partial charge is 0.469 e. The predicted molar refractivity (Wildman–Crippen MR) is 64.3 cm³/mol. The van der Waals surface area contributed by atoms with E-state index in [1.54, 1.807) is 0 Å². The van der Waals surface area contributed by atoms with Gasteiger partial charge in [-0.25, -0.2) is 0 Å². The summed E-state index contributed by atoms with van der Waals surface area (Å²) in [6, 6.07) is 10.0. The Kier molecular flexibility index (Phi) is 3.94. The first kappa shape index (κ1) is 11.9. The topological polar surface area (TPSA) is 35.5 Å². The molecule has 2 unspecified atom stereocenters. The molecule has 0 spiro atoms. The number of hydrogen-bond acceptors (Lipinski definition) is 3. The molecule has 0 saturated heterocycles. The molecule has 17 heavy (non-hydrogen) atoms. The Balaban J connectivity index is 1.80. The molecule has 0 bridgehead atoms. The average molecular weight is 232 g/mol. The molecule has 1 aromatic carbocycles. The number of ether oxygens (including phenoxy) is 2. The van der Waals surface area contributed by atoms with Crippen LogP contribution in [-0.4, -0.2) is 19.2 Å². The summed E-state index contributed by atoms with van der Waals surface area (Å²) in [4.78, 5) is 11.3. The fourth-order valence-corrected chi connectivity index (χ4v) is 1.89. The second-order valence-corrected chi connectivity index (χ2v) is 4.09. The normalized spacial score (nSPS) is 22.6. The van der Waals surface area contributed by atoms with Crippen LogP contribution >= 0.6 is 0 Å². The van der Waals surface area contributed by atoms with Crippen LogP contribution in [0.15, 0.2) is 42.5 Å². The van der Waals surface area contributed by atoms with Crippen LogP contribution in [0.4, 0.5) is 0 Å². The number of hydrogen-bond donors (Lipinski definition) is 0. The van der Waals surface area contributed by atoms with Crippen molar-refractivity contribution in [3.05, 3.63) is 48.0 Å². The van der Waals surface area contributed by atoms with Crippen LogP contribution in [0.2, 0.25) is 0 Å². The Bertz CT molecular complexity index is 397. The van der Waals surface area contributed by atoms with E-state index in [1.165, 1.54) is 7.11 Å². The van der Waals surface area contributed by atoms with E-state index in [4.69, 9.17) is 9.47 Å². The van der Waals surface area contributed by atoms with E-state index >= 15 is 0 Å². The van der Waals surface area contributed by atoms with E-state index in [0.717, 1.165) is 5.56 Å². The number of methoxy groups -OCH3 is 1. The number of carbonyl (C=O) groups excluding carboxylic acids is 1. The van der Waals surface area contributed by atoms with Gasteiger partial charge in [-0.15, -0.1) is 0 Å². The lowest BCUT2D eigenvalue weighted by atomic mass is 10.1. The van der Waals surface area contributed by atoms with E-state index in [2.05, 4.69) is 0 Å². The van der Waals surface area contributed by atoms with Crippen LogP contribution in [0.3, 0.4) is 0 Å². The van der Waals surface area contributed by atoms with E-state index in [9.17, 15) is 4.79 Å². The Hall–Kier alpha value is -1.61. The van der Waals surface area contributed by atoms with Gasteiger partial charge >= 0.3 is 5.97 Å². The Morgan fingerprint density at radius 1 is 1.29 bits per heavy atom. The van der Waals surface area contributed by atoms with Gasteiger partial charge in [0, 0.05) is 0 Å². The van der Waals surface area contributed by atoms with Gasteiger partial charge in [0.15, 0.2) is 0 Å². The molecule has 0 aromatic heterocycles. The molecule has 0 N–H and O–H groups in total. The maximum Gasteiger partial charge on any atom is 0.312 e. The summed E-state index contributed by atoms with van der Waals surface area (Å²) in [6.45, 7) is 0.573. The summed E-state index contributed by atoms with van der Waals surface area (Å²) in [5.41, 5.74) is 1.14. The zero-order valence-corrected chi connectivity index (χ0v) is 9.84. The molecule has 0 aliphatic heterocycles. The molecule has 1 aliphatic carbocycles. The van der Waals surface area contributed by atoms with Gasteiger partial charge in [-0.05, 0) is 12.0 Å². The molecule has 0 heterocycles. The Labute approximate surface area is 101 Å². The lowest BCUT2D eigenvalue weighted by Crippen LogP contribution is -2.16. The minimum Gasteiger partial charge on any atom is -0.469 e. The third-order valence-corrected chi connectivity index (χ3v) is 2.86. The summed E-state index contributed by atoms with van der Waals surface area (Å²) >= 11 is 0. The SMILES string of the molecule is COC(=O)C1C=CC(OCc2ccccc2)C1. The molecule has 0 saturated carbocycles. The number of benzene rings is 1. The van der Waals surface area contributed by atoms with Gasteiger partial charge < -0.3 is 9.47 Å². The smallest absolute Gasteiger partial charge is 0.312 e. The second-order valence-electron chi connectivity index (χ2n) is 4.09. The van der Waals surface area contributed by atoms with Crippen LogP contribution in [0, 0.1) is 5.92 Å². The molecule has 1 aromatic rings. The molecular formula is C14H16O3. The quantitative estimate of drug-likeness (QED) is 0.590. The maximum absolute atomic E-state index is 11.3. The highest BCUT2D eigenvalue weighted by atomic mass is 16.5. The molecule has 1 aliphatic rings. The molecule has 3 heteroatoms. The van der Waals surface area contributed by atoms with Gasteiger partial charge in [0.1, 0.15) is 0 Å². The zero-order chi connectivity index (χ0) is 12.1. The average Bonchev–Trinajstić information content (AvgIpc) is 2.85. The highest BCUT2D eigenvalue weighted by Gasteiger charge is 2.25. The first-order chi connectivity index (χ1) is 8.29. The number of rotatable bonds is 4. The summed E-state index contributed by atoms with van der Waals surface area (Å²) < 4.78 is 10.4. The molecule has 90 valence electrons. The van der Waals surface area contributed by atoms with Crippen molar-refractivity contribution in [3.8, 4) is 0 Å². The van der Waals surface area contributed by atoms with Gasteiger partial charge in [-0.1, -0.05) is 42.5 Å². The summed E-state index contributed by atoms with van der Waals surface area (Å²) in [7, 11) is 1.41. The van der Waals surface area contributed by atoms with Gasteiger partial charge in [0.2, 0.25) is 0 Å². The van der Waals surface area contributed by atoms with Crippen molar-refractivity contribution in [1.29, 1.82) is 0 Å². The van der Waals surface area contributed by atoms with E-state index < -0.39 is 0 Å². The predicted octanol–water partition coefficient (Wildman–Crippen LogP) is 2.32.